The summed E-state index contributed by atoms with van der Waals surface area (Å²) in [5, 5.41) is 19.1. The van der Waals surface area contributed by atoms with Crippen LogP contribution >= 0.6 is 0 Å². The molecule has 0 amide bonds. The maximum Gasteiger partial charge on any atom is 0.303 e. The molecule has 2 aromatic rings. The van der Waals surface area contributed by atoms with Crippen molar-refractivity contribution in [3.05, 3.63) is 66.1 Å². The molecule has 0 saturated carbocycles. The molecule has 1 heterocycles. The molecule has 3 rings (SSSR count). The van der Waals surface area contributed by atoms with E-state index in [1.54, 1.807) is 18.2 Å². The highest BCUT2D eigenvalue weighted by molar-refractivity contribution is 5.96. The van der Waals surface area contributed by atoms with Crippen molar-refractivity contribution >= 4 is 22.9 Å². The van der Waals surface area contributed by atoms with E-state index in [1.807, 2.05) is 43.4 Å². The molecule has 0 spiro atoms. The van der Waals surface area contributed by atoms with Gasteiger partial charge in [0.15, 0.2) is 11.4 Å². The van der Waals surface area contributed by atoms with E-state index in [0.717, 1.165) is 5.57 Å². The number of aliphatic hydroxyl groups is 1. The minimum atomic E-state index is -0.988. The monoisotopic (exact) mass is 395 g/mol. The molecule has 3 atom stereocenters. The number of carboxylic acids is 1. The van der Waals surface area contributed by atoms with Crippen LogP contribution in [0.1, 0.15) is 44.6 Å². The fourth-order valence-corrected chi connectivity index (χ4v) is 3.53. The van der Waals surface area contributed by atoms with Gasteiger partial charge in [0.05, 0.1) is 0 Å². The van der Waals surface area contributed by atoms with Crippen molar-refractivity contribution in [3.63, 3.8) is 0 Å². The molecular formula is C23H25NO5. The number of hydrogen-bond acceptors (Lipinski definition) is 5. The van der Waals surface area contributed by atoms with Crippen molar-refractivity contribution in [2.24, 2.45) is 11.8 Å². The van der Waals surface area contributed by atoms with Gasteiger partial charge in [0.2, 0.25) is 5.89 Å². The van der Waals surface area contributed by atoms with E-state index in [0.29, 0.717) is 30.4 Å². The van der Waals surface area contributed by atoms with Gasteiger partial charge < -0.3 is 14.6 Å². The Labute approximate surface area is 169 Å². The Morgan fingerprint density at radius 2 is 2.10 bits per heavy atom. The molecule has 0 fully saturated rings. The second-order valence-corrected chi connectivity index (χ2v) is 7.27. The number of allylic oxidation sites excluding steroid dienone is 5. The molecule has 29 heavy (non-hydrogen) atoms. The first-order valence-corrected chi connectivity index (χ1v) is 9.76. The summed E-state index contributed by atoms with van der Waals surface area (Å²) in [6.45, 7) is 1.91. The van der Waals surface area contributed by atoms with E-state index >= 15 is 0 Å². The zero-order chi connectivity index (χ0) is 20.8. The number of nitrogens with zero attached hydrogens (tertiary/aromatic N) is 1. The quantitative estimate of drug-likeness (QED) is 0.483. The first kappa shape index (κ1) is 20.7. The topological polar surface area (TPSA) is 101 Å². The fourth-order valence-electron chi connectivity index (χ4n) is 3.53. The third-order valence-electron chi connectivity index (χ3n) is 5.08. The van der Waals surface area contributed by atoms with Gasteiger partial charge in [-0.3, -0.25) is 9.59 Å². The van der Waals surface area contributed by atoms with Crippen molar-refractivity contribution in [1.29, 1.82) is 0 Å². The lowest BCUT2D eigenvalue weighted by Gasteiger charge is -2.16. The van der Waals surface area contributed by atoms with Crippen LogP contribution in [0.3, 0.4) is 0 Å². The first-order chi connectivity index (χ1) is 14.0. The highest BCUT2D eigenvalue weighted by atomic mass is 16.4. The van der Waals surface area contributed by atoms with Gasteiger partial charge in [-0.15, -0.1) is 0 Å². The summed E-state index contributed by atoms with van der Waals surface area (Å²) in [7, 11) is 0. The van der Waals surface area contributed by atoms with Crippen LogP contribution in [-0.2, 0) is 9.59 Å². The number of rotatable bonds is 9. The van der Waals surface area contributed by atoms with Crippen LogP contribution in [0.25, 0.3) is 11.1 Å². The van der Waals surface area contributed by atoms with E-state index in [9.17, 15) is 14.7 Å². The number of carboxylic acid groups (broad SMARTS) is 1. The number of fused-ring (bicyclic) bond motifs is 1. The molecule has 6 nitrogen and oxygen atoms in total. The lowest BCUT2D eigenvalue weighted by atomic mass is 9.87. The molecular weight excluding hydrogens is 370 g/mol. The minimum Gasteiger partial charge on any atom is -0.481 e. The SMILES string of the molecule is CC1=CC(=O)[C@H](C/C=C\CCCC(=O)O)[C@H]1/C=C/[C@@H](O)c1nc2ccccc2o1. The van der Waals surface area contributed by atoms with Crippen LogP contribution in [0, 0.1) is 11.8 Å². The molecule has 6 heteroatoms. The summed E-state index contributed by atoms with van der Waals surface area (Å²) < 4.78 is 5.59. The van der Waals surface area contributed by atoms with Gasteiger partial charge in [0.25, 0.3) is 0 Å². The number of benzene rings is 1. The maximum atomic E-state index is 12.3. The molecule has 1 aromatic carbocycles. The summed E-state index contributed by atoms with van der Waals surface area (Å²) in [5.41, 5.74) is 2.27. The van der Waals surface area contributed by atoms with Crippen molar-refractivity contribution in [2.45, 2.75) is 38.7 Å². The summed E-state index contributed by atoms with van der Waals surface area (Å²) in [6, 6.07) is 7.32. The minimum absolute atomic E-state index is 0.0729. The standard InChI is InChI=1S/C23H25NO5/c1-15-14-20(26)17(8-4-2-3-5-11-22(27)28)16(15)12-13-19(25)23-24-18-9-6-7-10-21(18)29-23/h2,4,6-7,9-10,12-14,16-17,19,25H,3,5,8,11H2,1H3,(H,27,28)/b4-2-,13-12+/t16-,17+,19+/m0/s1. The highest BCUT2D eigenvalue weighted by Gasteiger charge is 2.31. The number of aliphatic carboxylic acids is 1. The van der Waals surface area contributed by atoms with Crippen molar-refractivity contribution < 1.29 is 24.2 Å². The smallest absolute Gasteiger partial charge is 0.303 e. The number of oxazole rings is 1. The summed E-state index contributed by atoms with van der Waals surface area (Å²) in [4.78, 5) is 27.1. The number of para-hydroxylation sites is 2. The first-order valence-electron chi connectivity index (χ1n) is 9.76. The van der Waals surface area contributed by atoms with Crippen LogP contribution < -0.4 is 0 Å². The molecule has 2 N–H and O–H groups in total. The van der Waals surface area contributed by atoms with Gasteiger partial charge in [-0.2, -0.15) is 0 Å². The molecule has 0 aliphatic heterocycles. The molecule has 0 unspecified atom stereocenters. The average Bonchev–Trinajstić information content (AvgIpc) is 3.23. The summed E-state index contributed by atoms with van der Waals surface area (Å²) >= 11 is 0. The van der Waals surface area contributed by atoms with Gasteiger partial charge in [0, 0.05) is 18.3 Å². The Morgan fingerprint density at radius 3 is 2.86 bits per heavy atom. The molecule has 0 radical (unpaired) electrons. The van der Waals surface area contributed by atoms with Crippen LogP contribution in [0.5, 0.6) is 0 Å². The number of carbonyl (C=O) groups is 2. The predicted molar refractivity (Wildman–Crippen MR) is 109 cm³/mol. The molecule has 152 valence electrons. The molecule has 1 aromatic heterocycles. The molecule has 1 aliphatic carbocycles. The number of aliphatic hydroxyl groups excluding tert-OH is 1. The van der Waals surface area contributed by atoms with Crippen LogP contribution in [0.4, 0.5) is 0 Å². The predicted octanol–water partition coefficient (Wildman–Crippen LogP) is 4.38. The Morgan fingerprint density at radius 1 is 1.31 bits per heavy atom. The molecule has 0 saturated heterocycles. The molecule has 1 aliphatic rings. The number of carbonyl (C=O) groups excluding carboxylic acids is 1. The highest BCUT2D eigenvalue weighted by Crippen LogP contribution is 2.34. The summed E-state index contributed by atoms with van der Waals surface area (Å²) in [5.74, 6) is -0.804. The van der Waals surface area contributed by atoms with E-state index in [4.69, 9.17) is 9.52 Å². The van der Waals surface area contributed by atoms with Crippen LogP contribution in [-0.4, -0.2) is 26.9 Å². The maximum absolute atomic E-state index is 12.3. The van der Waals surface area contributed by atoms with Crippen molar-refractivity contribution in [3.8, 4) is 0 Å². The van der Waals surface area contributed by atoms with Gasteiger partial charge in [-0.25, -0.2) is 4.98 Å². The lowest BCUT2D eigenvalue weighted by Crippen LogP contribution is -2.15. The van der Waals surface area contributed by atoms with E-state index < -0.39 is 12.1 Å². The third-order valence-corrected chi connectivity index (χ3v) is 5.08. The largest absolute Gasteiger partial charge is 0.481 e. The number of hydrogen-bond donors (Lipinski definition) is 2. The fraction of sp³-hybridized carbons (Fsp3) is 0.348. The second-order valence-electron chi connectivity index (χ2n) is 7.27. The Balaban J connectivity index is 1.62. The van der Waals surface area contributed by atoms with E-state index in [-0.39, 0.29) is 29.9 Å². The normalized spacial score (nSPS) is 20.8. The van der Waals surface area contributed by atoms with Gasteiger partial charge >= 0.3 is 5.97 Å². The van der Waals surface area contributed by atoms with Crippen molar-refractivity contribution in [1.82, 2.24) is 4.98 Å². The Kier molecular flexibility index (Phi) is 6.77. The zero-order valence-corrected chi connectivity index (χ0v) is 16.3. The Bertz CT molecular complexity index is 936. The van der Waals surface area contributed by atoms with Crippen LogP contribution in [0.2, 0.25) is 0 Å². The number of aromatic nitrogens is 1. The van der Waals surface area contributed by atoms with E-state index in [1.165, 1.54) is 0 Å². The second kappa shape index (κ2) is 9.47. The van der Waals surface area contributed by atoms with Gasteiger partial charge in [-0.1, -0.05) is 42.0 Å². The number of unbranched alkanes of at least 4 members (excludes halogenated alkanes) is 1. The van der Waals surface area contributed by atoms with Crippen molar-refractivity contribution in [2.75, 3.05) is 0 Å². The van der Waals surface area contributed by atoms with E-state index in [2.05, 4.69) is 4.98 Å². The number of ketones is 1. The molecule has 0 bridgehead atoms. The average molecular weight is 395 g/mol. The third kappa shape index (κ3) is 5.29. The van der Waals surface area contributed by atoms with Gasteiger partial charge in [0.1, 0.15) is 11.6 Å². The summed E-state index contributed by atoms with van der Waals surface area (Å²) in [6.07, 6.45) is 9.99. The Hall–Kier alpha value is -2.99. The zero-order valence-electron chi connectivity index (χ0n) is 16.3. The van der Waals surface area contributed by atoms with Crippen LogP contribution in [0.15, 0.2) is 64.6 Å². The lowest BCUT2D eigenvalue weighted by molar-refractivity contribution is -0.137. The van der Waals surface area contributed by atoms with Gasteiger partial charge in [-0.05, 0) is 44.4 Å².